The van der Waals surface area contributed by atoms with Crippen LogP contribution in [-0.4, -0.2) is 4.98 Å². The van der Waals surface area contributed by atoms with Gasteiger partial charge in [0.05, 0.1) is 0 Å². The number of allylic oxidation sites excluding steroid dienone is 2. The zero-order valence-corrected chi connectivity index (χ0v) is 9.19. The van der Waals surface area contributed by atoms with Crippen LogP contribution in [-0.2, 0) is 0 Å². The lowest BCUT2D eigenvalue weighted by Crippen LogP contribution is -2.04. The lowest BCUT2D eigenvalue weighted by Gasteiger charge is -2.16. The molecule has 2 aliphatic carbocycles. The van der Waals surface area contributed by atoms with Crippen LogP contribution in [0.25, 0.3) is 10.9 Å². The van der Waals surface area contributed by atoms with Gasteiger partial charge in [-0.05, 0) is 42.2 Å². The van der Waals surface area contributed by atoms with E-state index in [1.54, 1.807) is 0 Å². The van der Waals surface area contributed by atoms with Gasteiger partial charge in [0.1, 0.15) is 0 Å². The molecule has 1 aromatic heterocycles. The van der Waals surface area contributed by atoms with Gasteiger partial charge < -0.3 is 4.98 Å². The molecule has 0 radical (unpaired) electrons. The number of aromatic amines is 1. The van der Waals surface area contributed by atoms with Crippen LogP contribution < -0.4 is 0 Å². The summed E-state index contributed by atoms with van der Waals surface area (Å²) in [6, 6.07) is 10.9. The lowest BCUT2D eigenvalue weighted by atomic mass is 9.91. The van der Waals surface area contributed by atoms with Crippen LogP contribution in [0.4, 0.5) is 0 Å². The van der Waals surface area contributed by atoms with Crippen molar-refractivity contribution in [1.29, 1.82) is 0 Å². The van der Waals surface area contributed by atoms with Crippen LogP contribution in [0.1, 0.15) is 24.5 Å². The summed E-state index contributed by atoms with van der Waals surface area (Å²) >= 11 is 0. The third-order valence-corrected chi connectivity index (χ3v) is 4.23. The molecule has 2 bridgehead atoms. The second-order valence-electron chi connectivity index (χ2n) is 5.20. The van der Waals surface area contributed by atoms with Crippen molar-refractivity contribution in [2.45, 2.75) is 18.8 Å². The van der Waals surface area contributed by atoms with Gasteiger partial charge in [-0.25, -0.2) is 0 Å². The Labute approximate surface area is 95.2 Å². The highest BCUT2D eigenvalue weighted by atomic mass is 14.7. The normalized spacial score (nSPS) is 31.6. The molecule has 1 heteroatoms. The van der Waals surface area contributed by atoms with E-state index in [0.29, 0.717) is 0 Å². The first-order valence-electron chi connectivity index (χ1n) is 6.16. The molecule has 0 aliphatic heterocycles. The maximum atomic E-state index is 3.59. The molecule has 0 amide bonds. The van der Waals surface area contributed by atoms with Gasteiger partial charge in [0.2, 0.25) is 0 Å². The van der Waals surface area contributed by atoms with E-state index in [1.165, 1.54) is 29.4 Å². The van der Waals surface area contributed by atoms with E-state index >= 15 is 0 Å². The zero-order chi connectivity index (χ0) is 10.5. The third kappa shape index (κ3) is 1.12. The first-order valence-corrected chi connectivity index (χ1v) is 6.16. The molecule has 2 aliphatic rings. The Morgan fingerprint density at radius 3 is 2.75 bits per heavy atom. The van der Waals surface area contributed by atoms with Gasteiger partial charge in [0.15, 0.2) is 0 Å². The largest absolute Gasteiger partial charge is 0.358 e. The summed E-state index contributed by atoms with van der Waals surface area (Å²) in [5, 5.41) is 1.35. The fraction of sp³-hybridized carbons (Fsp3) is 0.333. The van der Waals surface area contributed by atoms with E-state index < -0.39 is 0 Å². The molecule has 1 nitrogen and oxygen atoms in total. The molecule has 0 saturated heterocycles. The second kappa shape index (κ2) is 3.00. The molecule has 2 aromatic rings. The number of rotatable bonds is 1. The Kier molecular flexibility index (Phi) is 1.62. The lowest BCUT2D eigenvalue weighted by molar-refractivity contribution is 0.574. The minimum Gasteiger partial charge on any atom is -0.358 e. The van der Waals surface area contributed by atoms with Crippen molar-refractivity contribution in [1.82, 2.24) is 4.98 Å². The van der Waals surface area contributed by atoms with Crippen LogP contribution in [0.2, 0.25) is 0 Å². The first-order chi connectivity index (χ1) is 7.90. The number of hydrogen-bond acceptors (Lipinski definition) is 0. The van der Waals surface area contributed by atoms with E-state index in [1.807, 2.05) is 0 Å². The maximum Gasteiger partial charge on any atom is 0.0456 e. The van der Waals surface area contributed by atoms with Crippen LogP contribution in [0.5, 0.6) is 0 Å². The van der Waals surface area contributed by atoms with Crippen molar-refractivity contribution in [3.8, 4) is 0 Å². The molecule has 1 fully saturated rings. The minimum absolute atomic E-state index is 0.738. The molecule has 1 N–H and O–H groups in total. The molecule has 4 rings (SSSR count). The molecule has 0 spiro atoms. The zero-order valence-electron chi connectivity index (χ0n) is 9.19. The highest BCUT2D eigenvalue weighted by Crippen LogP contribution is 2.48. The topological polar surface area (TPSA) is 15.8 Å². The van der Waals surface area contributed by atoms with Crippen LogP contribution in [0.15, 0.2) is 42.5 Å². The highest BCUT2D eigenvalue weighted by molar-refractivity contribution is 5.80. The Morgan fingerprint density at radius 1 is 1.06 bits per heavy atom. The number of para-hydroxylation sites is 1. The standard InChI is InChI=1S/C15H15N/c1-2-4-14-12(3-1)9-15(16-14)13-8-10-5-6-11(13)7-10/h1-6,9-11,13,16H,7-8H2/t10-,11+,13+/m0/s1. The average molecular weight is 209 g/mol. The molecule has 16 heavy (non-hydrogen) atoms. The SMILES string of the molecule is C1=C[C@@H]2C[C@H]1C[C@H]2c1cc2ccccc2[nH]1. The molecule has 0 unspecified atom stereocenters. The Hall–Kier alpha value is -1.50. The summed E-state index contributed by atoms with van der Waals surface area (Å²) in [4.78, 5) is 3.59. The van der Waals surface area contributed by atoms with E-state index in [0.717, 1.165) is 17.8 Å². The van der Waals surface area contributed by atoms with Crippen LogP contribution >= 0.6 is 0 Å². The van der Waals surface area contributed by atoms with Crippen molar-refractivity contribution < 1.29 is 0 Å². The molecule has 1 saturated carbocycles. The Morgan fingerprint density at radius 2 is 2.00 bits per heavy atom. The number of hydrogen-bond donors (Lipinski definition) is 1. The molecule has 80 valence electrons. The van der Waals surface area contributed by atoms with Gasteiger partial charge in [0, 0.05) is 17.1 Å². The number of benzene rings is 1. The maximum absolute atomic E-state index is 3.59. The van der Waals surface area contributed by atoms with E-state index in [9.17, 15) is 0 Å². The summed E-state index contributed by atoms with van der Waals surface area (Å²) in [6.45, 7) is 0. The summed E-state index contributed by atoms with van der Waals surface area (Å²) in [5.41, 5.74) is 2.72. The first kappa shape index (κ1) is 8.63. The highest BCUT2D eigenvalue weighted by Gasteiger charge is 2.37. The van der Waals surface area contributed by atoms with Crippen molar-refractivity contribution in [2.24, 2.45) is 11.8 Å². The van der Waals surface area contributed by atoms with Crippen molar-refractivity contribution >= 4 is 10.9 Å². The second-order valence-corrected chi connectivity index (χ2v) is 5.20. The predicted octanol–water partition coefficient (Wildman–Crippen LogP) is 3.85. The summed E-state index contributed by atoms with van der Waals surface area (Å²) in [7, 11) is 0. The van der Waals surface area contributed by atoms with Gasteiger partial charge in [-0.3, -0.25) is 0 Å². The fourth-order valence-corrected chi connectivity index (χ4v) is 3.43. The van der Waals surface area contributed by atoms with Crippen LogP contribution in [0, 0.1) is 11.8 Å². The van der Waals surface area contributed by atoms with E-state index in [2.05, 4.69) is 47.5 Å². The van der Waals surface area contributed by atoms with Gasteiger partial charge in [-0.2, -0.15) is 0 Å². The predicted molar refractivity (Wildman–Crippen MR) is 66.4 cm³/mol. The molecular weight excluding hydrogens is 194 g/mol. The average Bonchev–Trinajstić information content (AvgIpc) is 3.02. The fourth-order valence-electron chi connectivity index (χ4n) is 3.43. The number of aromatic nitrogens is 1. The van der Waals surface area contributed by atoms with Gasteiger partial charge in [-0.1, -0.05) is 30.4 Å². The molecule has 1 aromatic carbocycles. The van der Waals surface area contributed by atoms with Gasteiger partial charge in [-0.15, -0.1) is 0 Å². The Balaban J connectivity index is 1.80. The van der Waals surface area contributed by atoms with Gasteiger partial charge >= 0.3 is 0 Å². The number of H-pyrrole nitrogens is 1. The van der Waals surface area contributed by atoms with E-state index in [-0.39, 0.29) is 0 Å². The third-order valence-electron chi connectivity index (χ3n) is 4.23. The van der Waals surface area contributed by atoms with Crippen molar-refractivity contribution in [3.63, 3.8) is 0 Å². The molecular formula is C15H15N. The van der Waals surface area contributed by atoms with Crippen molar-refractivity contribution in [2.75, 3.05) is 0 Å². The van der Waals surface area contributed by atoms with E-state index in [4.69, 9.17) is 0 Å². The molecule has 3 atom stereocenters. The quantitative estimate of drug-likeness (QED) is 0.687. The van der Waals surface area contributed by atoms with Crippen LogP contribution in [0.3, 0.4) is 0 Å². The van der Waals surface area contributed by atoms with Gasteiger partial charge in [0.25, 0.3) is 0 Å². The molecule has 1 heterocycles. The summed E-state index contributed by atoms with van der Waals surface area (Å²) < 4.78 is 0. The smallest absolute Gasteiger partial charge is 0.0456 e. The number of fused-ring (bicyclic) bond motifs is 3. The summed E-state index contributed by atoms with van der Waals surface area (Å²) in [6.07, 6.45) is 7.54. The summed E-state index contributed by atoms with van der Waals surface area (Å²) in [5.74, 6) is 2.38. The monoisotopic (exact) mass is 209 g/mol. The Bertz CT molecular complexity index is 531. The van der Waals surface area contributed by atoms with Crippen molar-refractivity contribution in [3.05, 3.63) is 48.2 Å². The minimum atomic E-state index is 0.738. The number of nitrogens with one attached hydrogen (secondary N) is 1.